The summed E-state index contributed by atoms with van der Waals surface area (Å²) in [4.78, 5) is 27.4. The number of carboxylic acid groups (broad SMARTS) is 1. The van der Waals surface area contributed by atoms with E-state index in [9.17, 15) is 14.7 Å². The van der Waals surface area contributed by atoms with Crippen LogP contribution in [-0.2, 0) is 22.4 Å². The van der Waals surface area contributed by atoms with Gasteiger partial charge in [0.25, 0.3) is 0 Å². The van der Waals surface area contributed by atoms with Crippen molar-refractivity contribution in [2.75, 3.05) is 14.2 Å². The monoisotopic (exact) mass is 365 g/mol. The number of carboxylic acids is 1. The molecule has 6 heteroatoms. The summed E-state index contributed by atoms with van der Waals surface area (Å²) in [6.45, 7) is 0. The topological polar surface area (TPSA) is 85.7 Å². The standard InChI is InChI=1S/C21H19NO5/c1-26-19-10-13(7-8-17(19)21(24)25)9-18-16-6-4-3-5-15(16)14(12-22-18)11-20(23)27-2/h3-8,10,12H,9,11H2,1-2H3,(H,24,25). The van der Waals surface area contributed by atoms with E-state index >= 15 is 0 Å². The average molecular weight is 365 g/mol. The lowest BCUT2D eigenvalue weighted by molar-refractivity contribution is -0.139. The molecule has 138 valence electrons. The summed E-state index contributed by atoms with van der Waals surface area (Å²) in [5.74, 6) is -1.04. The number of pyridine rings is 1. The Morgan fingerprint density at radius 1 is 1.07 bits per heavy atom. The number of methoxy groups -OCH3 is 2. The lowest BCUT2D eigenvalue weighted by atomic mass is 9.99. The van der Waals surface area contributed by atoms with Gasteiger partial charge < -0.3 is 14.6 Å². The SMILES string of the molecule is COC(=O)Cc1cnc(Cc2ccc(C(=O)O)c(OC)c2)c2ccccc12. The number of esters is 1. The van der Waals surface area contributed by atoms with Gasteiger partial charge in [-0.3, -0.25) is 9.78 Å². The Hall–Kier alpha value is -3.41. The fourth-order valence-electron chi connectivity index (χ4n) is 3.03. The Bertz CT molecular complexity index is 1010. The largest absolute Gasteiger partial charge is 0.496 e. The van der Waals surface area contributed by atoms with E-state index < -0.39 is 5.97 Å². The van der Waals surface area contributed by atoms with Crippen LogP contribution < -0.4 is 4.74 Å². The van der Waals surface area contributed by atoms with Crippen LogP contribution >= 0.6 is 0 Å². The first-order valence-electron chi connectivity index (χ1n) is 8.36. The van der Waals surface area contributed by atoms with Crippen molar-refractivity contribution in [2.45, 2.75) is 12.8 Å². The molecule has 1 N–H and O–H groups in total. The molecular weight excluding hydrogens is 346 g/mol. The zero-order valence-corrected chi connectivity index (χ0v) is 15.1. The van der Waals surface area contributed by atoms with Crippen LogP contribution in [0.1, 0.15) is 27.2 Å². The highest BCUT2D eigenvalue weighted by molar-refractivity contribution is 5.91. The molecule has 0 amide bonds. The van der Waals surface area contributed by atoms with Crippen molar-refractivity contribution in [3.05, 3.63) is 71.0 Å². The van der Waals surface area contributed by atoms with Gasteiger partial charge >= 0.3 is 11.9 Å². The molecule has 0 atom stereocenters. The molecule has 0 aliphatic rings. The number of aromatic carboxylic acids is 1. The lowest BCUT2D eigenvalue weighted by Gasteiger charge is -2.11. The summed E-state index contributed by atoms with van der Waals surface area (Å²) in [7, 11) is 2.81. The van der Waals surface area contributed by atoms with Gasteiger partial charge in [0, 0.05) is 18.0 Å². The van der Waals surface area contributed by atoms with Crippen LogP contribution in [0.3, 0.4) is 0 Å². The Morgan fingerprint density at radius 3 is 2.48 bits per heavy atom. The first kappa shape index (κ1) is 18.4. The Morgan fingerprint density at radius 2 is 1.81 bits per heavy atom. The molecule has 6 nitrogen and oxygen atoms in total. The van der Waals surface area contributed by atoms with E-state index in [1.165, 1.54) is 20.3 Å². The molecule has 0 radical (unpaired) electrons. The number of fused-ring (bicyclic) bond motifs is 1. The van der Waals surface area contributed by atoms with Gasteiger partial charge in [-0.15, -0.1) is 0 Å². The number of nitrogens with zero attached hydrogens (tertiary/aromatic N) is 1. The van der Waals surface area contributed by atoms with Crippen LogP contribution in [0.15, 0.2) is 48.7 Å². The average Bonchev–Trinajstić information content (AvgIpc) is 2.69. The molecule has 0 saturated carbocycles. The normalized spacial score (nSPS) is 10.6. The van der Waals surface area contributed by atoms with Gasteiger partial charge in [-0.05, 0) is 28.6 Å². The first-order chi connectivity index (χ1) is 13.0. The second-order valence-corrected chi connectivity index (χ2v) is 6.05. The summed E-state index contributed by atoms with van der Waals surface area (Å²) in [6.07, 6.45) is 2.36. The molecule has 3 aromatic rings. The van der Waals surface area contributed by atoms with Gasteiger partial charge in [-0.2, -0.15) is 0 Å². The second-order valence-electron chi connectivity index (χ2n) is 6.05. The predicted octanol–water partition coefficient (Wildman–Crippen LogP) is 3.25. The number of hydrogen-bond donors (Lipinski definition) is 1. The molecule has 0 spiro atoms. The third-order valence-electron chi connectivity index (χ3n) is 4.39. The Kier molecular flexibility index (Phi) is 5.35. The molecule has 2 aromatic carbocycles. The van der Waals surface area contributed by atoms with E-state index in [0.717, 1.165) is 27.6 Å². The van der Waals surface area contributed by atoms with Gasteiger partial charge in [0.1, 0.15) is 11.3 Å². The molecule has 0 bridgehead atoms. The van der Waals surface area contributed by atoms with E-state index in [-0.39, 0.29) is 18.0 Å². The molecule has 0 fully saturated rings. The third kappa shape index (κ3) is 3.89. The number of benzene rings is 2. The van der Waals surface area contributed by atoms with E-state index in [1.807, 2.05) is 24.3 Å². The number of rotatable bonds is 6. The highest BCUT2D eigenvalue weighted by Gasteiger charge is 2.14. The first-order valence-corrected chi connectivity index (χ1v) is 8.36. The number of aromatic nitrogens is 1. The van der Waals surface area contributed by atoms with Crippen LogP contribution in [0, 0.1) is 0 Å². The molecule has 0 unspecified atom stereocenters. The third-order valence-corrected chi connectivity index (χ3v) is 4.39. The van der Waals surface area contributed by atoms with Crippen molar-refractivity contribution >= 4 is 22.7 Å². The smallest absolute Gasteiger partial charge is 0.339 e. The van der Waals surface area contributed by atoms with Crippen LogP contribution in [0.25, 0.3) is 10.8 Å². The fourth-order valence-corrected chi connectivity index (χ4v) is 3.03. The van der Waals surface area contributed by atoms with Crippen molar-refractivity contribution in [3.63, 3.8) is 0 Å². The molecule has 0 aliphatic heterocycles. The molecule has 27 heavy (non-hydrogen) atoms. The summed E-state index contributed by atoms with van der Waals surface area (Å²) >= 11 is 0. The van der Waals surface area contributed by atoms with E-state index in [1.54, 1.807) is 18.3 Å². The number of carbonyl (C=O) groups excluding carboxylic acids is 1. The quantitative estimate of drug-likeness (QED) is 0.675. The van der Waals surface area contributed by atoms with Crippen LogP contribution in [0.4, 0.5) is 0 Å². The van der Waals surface area contributed by atoms with Crippen LogP contribution in [-0.4, -0.2) is 36.2 Å². The maximum Gasteiger partial charge on any atom is 0.339 e. The summed E-state index contributed by atoms with van der Waals surface area (Å²) in [6, 6.07) is 12.7. The van der Waals surface area contributed by atoms with Gasteiger partial charge in [-0.1, -0.05) is 30.3 Å². The molecule has 3 rings (SSSR count). The lowest BCUT2D eigenvalue weighted by Crippen LogP contribution is -2.06. The second kappa shape index (κ2) is 7.86. The Labute approximate surface area is 156 Å². The van der Waals surface area contributed by atoms with Gasteiger partial charge in [-0.25, -0.2) is 4.79 Å². The minimum atomic E-state index is -1.03. The van der Waals surface area contributed by atoms with Crippen molar-refractivity contribution in [1.29, 1.82) is 0 Å². The number of carbonyl (C=O) groups is 2. The van der Waals surface area contributed by atoms with Gasteiger partial charge in [0.15, 0.2) is 0 Å². The van der Waals surface area contributed by atoms with Gasteiger partial charge in [0.2, 0.25) is 0 Å². The summed E-state index contributed by atoms with van der Waals surface area (Å²) in [5.41, 5.74) is 2.65. The highest BCUT2D eigenvalue weighted by atomic mass is 16.5. The summed E-state index contributed by atoms with van der Waals surface area (Å²) < 4.78 is 9.95. The van der Waals surface area contributed by atoms with Crippen molar-refractivity contribution in [2.24, 2.45) is 0 Å². The van der Waals surface area contributed by atoms with Crippen LogP contribution in [0.2, 0.25) is 0 Å². The Balaban J connectivity index is 2.00. The maximum absolute atomic E-state index is 11.6. The molecule has 1 heterocycles. The van der Waals surface area contributed by atoms with E-state index in [4.69, 9.17) is 9.47 Å². The van der Waals surface area contributed by atoms with E-state index in [0.29, 0.717) is 12.2 Å². The summed E-state index contributed by atoms with van der Waals surface area (Å²) in [5, 5.41) is 11.1. The number of hydrogen-bond acceptors (Lipinski definition) is 5. The van der Waals surface area contributed by atoms with Crippen molar-refractivity contribution < 1.29 is 24.2 Å². The maximum atomic E-state index is 11.6. The molecule has 0 saturated heterocycles. The molecule has 0 aliphatic carbocycles. The predicted molar refractivity (Wildman–Crippen MR) is 100 cm³/mol. The van der Waals surface area contributed by atoms with Gasteiger partial charge in [0.05, 0.1) is 26.3 Å². The fraction of sp³-hybridized carbons (Fsp3) is 0.190. The van der Waals surface area contributed by atoms with Crippen molar-refractivity contribution in [3.8, 4) is 5.75 Å². The molecule has 1 aromatic heterocycles. The molecular formula is C21H19NO5. The van der Waals surface area contributed by atoms with E-state index in [2.05, 4.69) is 4.98 Å². The van der Waals surface area contributed by atoms with Crippen LogP contribution in [0.5, 0.6) is 5.75 Å². The number of ether oxygens (including phenoxy) is 2. The zero-order valence-electron chi connectivity index (χ0n) is 15.1. The zero-order chi connectivity index (χ0) is 19.4. The highest BCUT2D eigenvalue weighted by Crippen LogP contribution is 2.26. The minimum Gasteiger partial charge on any atom is -0.496 e. The van der Waals surface area contributed by atoms with Crippen molar-refractivity contribution in [1.82, 2.24) is 4.98 Å². The minimum absolute atomic E-state index is 0.118.